The molecule has 1 saturated carbocycles. The average Bonchev–Trinajstić information content (AvgIpc) is 2.31. The van der Waals surface area contributed by atoms with E-state index in [-0.39, 0.29) is 6.04 Å². The van der Waals surface area contributed by atoms with E-state index < -0.39 is 0 Å². The van der Waals surface area contributed by atoms with Crippen molar-refractivity contribution in [2.24, 2.45) is 11.7 Å². The van der Waals surface area contributed by atoms with Crippen molar-refractivity contribution in [1.82, 2.24) is 0 Å². The van der Waals surface area contributed by atoms with E-state index in [4.69, 9.17) is 5.73 Å². The second-order valence-corrected chi connectivity index (χ2v) is 4.76. The molecular weight excluding hydrogens is 182 g/mol. The van der Waals surface area contributed by atoms with Gasteiger partial charge in [0.15, 0.2) is 0 Å². The summed E-state index contributed by atoms with van der Waals surface area (Å²) in [5.74, 6) is 0.869. The highest BCUT2D eigenvalue weighted by atomic mass is 14.6. The largest absolute Gasteiger partial charge is 0.324 e. The number of hydrogen-bond acceptors (Lipinski definition) is 1. The summed E-state index contributed by atoms with van der Waals surface area (Å²) in [5, 5.41) is 0. The summed E-state index contributed by atoms with van der Waals surface area (Å²) in [6, 6.07) is 10.7. The lowest BCUT2D eigenvalue weighted by Crippen LogP contribution is -2.17. The third kappa shape index (κ3) is 3.07. The van der Waals surface area contributed by atoms with E-state index in [0.717, 1.165) is 5.92 Å². The van der Waals surface area contributed by atoms with Crippen LogP contribution in [0.25, 0.3) is 0 Å². The first-order valence-corrected chi connectivity index (χ1v) is 6.17. The molecule has 82 valence electrons. The minimum Gasteiger partial charge on any atom is -0.324 e. The Morgan fingerprint density at radius 2 is 1.73 bits per heavy atom. The summed E-state index contributed by atoms with van der Waals surface area (Å²) < 4.78 is 0. The van der Waals surface area contributed by atoms with Gasteiger partial charge in [-0.1, -0.05) is 62.4 Å². The lowest BCUT2D eigenvalue weighted by molar-refractivity contribution is 0.319. The zero-order valence-electron chi connectivity index (χ0n) is 9.36. The lowest BCUT2D eigenvalue weighted by Gasteiger charge is -2.24. The van der Waals surface area contributed by atoms with Gasteiger partial charge in [0.05, 0.1) is 0 Å². The molecule has 1 nitrogen and oxygen atoms in total. The van der Waals surface area contributed by atoms with Crippen molar-refractivity contribution < 1.29 is 0 Å². The molecule has 1 aliphatic rings. The Bertz CT molecular complexity index is 275. The quantitative estimate of drug-likeness (QED) is 0.797. The van der Waals surface area contributed by atoms with E-state index >= 15 is 0 Å². The molecule has 0 spiro atoms. The zero-order chi connectivity index (χ0) is 10.5. The Balaban J connectivity index is 1.88. The highest BCUT2D eigenvalue weighted by molar-refractivity contribution is 5.18. The van der Waals surface area contributed by atoms with Crippen LogP contribution in [0.15, 0.2) is 30.3 Å². The maximum Gasteiger partial charge on any atom is 0.0297 e. The van der Waals surface area contributed by atoms with E-state index in [1.165, 1.54) is 44.1 Å². The van der Waals surface area contributed by atoms with E-state index in [9.17, 15) is 0 Å². The van der Waals surface area contributed by atoms with Crippen molar-refractivity contribution in [2.75, 3.05) is 0 Å². The molecule has 0 heterocycles. The van der Waals surface area contributed by atoms with Crippen LogP contribution >= 0.6 is 0 Å². The Kier molecular flexibility index (Phi) is 3.79. The van der Waals surface area contributed by atoms with Crippen LogP contribution in [0, 0.1) is 5.92 Å². The zero-order valence-corrected chi connectivity index (χ0v) is 9.36. The molecule has 0 aromatic heterocycles. The van der Waals surface area contributed by atoms with Gasteiger partial charge in [-0.05, 0) is 17.9 Å². The van der Waals surface area contributed by atoms with Gasteiger partial charge in [0.1, 0.15) is 0 Å². The van der Waals surface area contributed by atoms with Crippen LogP contribution < -0.4 is 5.73 Å². The molecular formula is C14H21N. The molecule has 1 aromatic carbocycles. The van der Waals surface area contributed by atoms with Gasteiger partial charge in [0.2, 0.25) is 0 Å². The Labute approximate surface area is 92.7 Å². The fourth-order valence-corrected chi connectivity index (χ4v) is 2.62. The summed E-state index contributed by atoms with van der Waals surface area (Å²) in [6.45, 7) is 0. The molecule has 2 rings (SSSR count). The van der Waals surface area contributed by atoms with Crippen LogP contribution in [0.2, 0.25) is 0 Å². The smallest absolute Gasteiger partial charge is 0.0297 e. The predicted octanol–water partition coefficient (Wildman–Crippen LogP) is 3.66. The highest BCUT2D eigenvalue weighted by Crippen LogP contribution is 2.30. The van der Waals surface area contributed by atoms with Crippen LogP contribution in [0.1, 0.15) is 50.1 Å². The van der Waals surface area contributed by atoms with Gasteiger partial charge in [0.25, 0.3) is 0 Å². The Morgan fingerprint density at radius 3 is 2.40 bits per heavy atom. The fraction of sp³-hybridized carbons (Fsp3) is 0.571. The summed E-state index contributed by atoms with van der Waals surface area (Å²) in [6.07, 6.45) is 8.19. The molecule has 1 aliphatic carbocycles. The van der Waals surface area contributed by atoms with Crippen molar-refractivity contribution in [2.45, 2.75) is 44.6 Å². The third-order valence-electron chi connectivity index (χ3n) is 3.54. The number of rotatable bonds is 3. The predicted molar refractivity (Wildman–Crippen MR) is 64.6 cm³/mol. The second-order valence-electron chi connectivity index (χ2n) is 4.76. The number of benzene rings is 1. The molecule has 0 aliphatic heterocycles. The molecule has 2 N–H and O–H groups in total. The van der Waals surface area contributed by atoms with Gasteiger partial charge < -0.3 is 5.73 Å². The first-order valence-electron chi connectivity index (χ1n) is 6.17. The van der Waals surface area contributed by atoms with Gasteiger partial charge >= 0.3 is 0 Å². The maximum atomic E-state index is 6.23. The molecule has 0 saturated heterocycles. The monoisotopic (exact) mass is 203 g/mol. The van der Waals surface area contributed by atoms with E-state index in [2.05, 4.69) is 30.3 Å². The van der Waals surface area contributed by atoms with Gasteiger partial charge in [-0.2, -0.15) is 0 Å². The van der Waals surface area contributed by atoms with Crippen molar-refractivity contribution in [1.29, 1.82) is 0 Å². The fourth-order valence-electron chi connectivity index (χ4n) is 2.62. The number of nitrogens with two attached hydrogens (primary N) is 1. The summed E-state index contributed by atoms with van der Waals surface area (Å²) in [7, 11) is 0. The minimum absolute atomic E-state index is 0.245. The van der Waals surface area contributed by atoms with Crippen molar-refractivity contribution in [3.05, 3.63) is 35.9 Å². The normalized spacial score (nSPS) is 20.1. The van der Waals surface area contributed by atoms with Crippen molar-refractivity contribution in [3.8, 4) is 0 Å². The van der Waals surface area contributed by atoms with Crippen LogP contribution in [-0.4, -0.2) is 0 Å². The van der Waals surface area contributed by atoms with E-state index in [0.29, 0.717) is 0 Å². The van der Waals surface area contributed by atoms with Crippen molar-refractivity contribution in [3.63, 3.8) is 0 Å². The Morgan fingerprint density at radius 1 is 1.07 bits per heavy atom. The van der Waals surface area contributed by atoms with Crippen LogP contribution in [0.5, 0.6) is 0 Å². The van der Waals surface area contributed by atoms with Crippen LogP contribution in [-0.2, 0) is 0 Å². The van der Waals surface area contributed by atoms with E-state index in [1.807, 2.05) is 0 Å². The van der Waals surface area contributed by atoms with Gasteiger partial charge in [-0.25, -0.2) is 0 Å². The topological polar surface area (TPSA) is 26.0 Å². The summed E-state index contributed by atoms with van der Waals surface area (Å²) >= 11 is 0. The molecule has 0 bridgehead atoms. The minimum atomic E-state index is 0.245. The molecule has 0 amide bonds. The summed E-state index contributed by atoms with van der Waals surface area (Å²) in [4.78, 5) is 0. The molecule has 1 atom stereocenters. The first-order chi connectivity index (χ1) is 7.36. The van der Waals surface area contributed by atoms with Crippen LogP contribution in [0.4, 0.5) is 0 Å². The lowest BCUT2D eigenvalue weighted by atomic mass is 9.83. The number of hydrogen-bond donors (Lipinski definition) is 1. The van der Waals surface area contributed by atoms with Gasteiger partial charge in [0, 0.05) is 6.04 Å². The maximum absolute atomic E-state index is 6.23. The van der Waals surface area contributed by atoms with E-state index in [1.54, 1.807) is 0 Å². The third-order valence-corrected chi connectivity index (χ3v) is 3.54. The molecule has 0 radical (unpaired) electrons. The average molecular weight is 203 g/mol. The standard InChI is InChI=1S/C14H21N/c15-14(13-9-5-2-6-10-13)11-12-7-3-1-4-8-12/h2,5-6,9-10,12,14H,1,3-4,7-8,11,15H2/t14-/m1/s1. The summed E-state index contributed by atoms with van der Waals surface area (Å²) in [5.41, 5.74) is 7.52. The molecule has 15 heavy (non-hydrogen) atoms. The van der Waals surface area contributed by atoms with Gasteiger partial charge in [-0.15, -0.1) is 0 Å². The first kappa shape index (κ1) is 10.7. The van der Waals surface area contributed by atoms with Crippen LogP contribution in [0.3, 0.4) is 0 Å². The molecule has 1 fully saturated rings. The Hall–Kier alpha value is -0.820. The highest BCUT2D eigenvalue weighted by Gasteiger charge is 2.17. The van der Waals surface area contributed by atoms with Crippen molar-refractivity contribution >= 4 is 0 Å². The SMILES string of the molecule is N[C@H](CC1CCCCC1)c1ccccc1. The molecule has 1 aromatic rings. The second kappa shape index (κ2) is 5.32. The molecule has 1 heteroatoms. The van der Waals surface area contributed by atoms with Gasteiger partial charge in [-0.3, -0.25) is 0 Å². The molecule has 0 unspecified atom stereocenters.